The average Bonchev–Trinajstić information content (AvgIpc) is 3.27. The lowest BCUT2D eigenvalue weighted by atomic mass is 9.96. The fourth-order valence-electron chi connectivity index (χ4n) is 4.25. The second-order valence-electron chi connectivity index (χ2n) is 7.15. The highest BCUT2D eigenvalue weighted by Gasteiger charge is 2.67. The maximum Gasteiger partial charge on any atom is 0.269 e. The SMILES string of the molecule is CN1C(c2ccccc2)C2C(c3ccc([N+](=O)[O-])cc3)N2C1(C)C. The second kappa shape index (κ2) is 5.13. The Balaban J connectivity index is 1.68. The molecule has 2 aromatic carbocycles. The van der Waals surface area contributed by atoms with E-state index in [4.69, 9.17) is 0 Å². The van der Waals surface area contributed by atoms with Gasteiger partial charge in [-0.15, -0.1) is 0 Å². The van der Waals surface area contributed by atoms with Crippen molar-refractivity contribution in [2.45, 2.75) is 37.6 Å². The monoisotopic (exact) mass is 323 g/mol. The molecule has 124 valence electrons. The second-order valence-corrected chi connectivity index (χ2v) is 7.15. The molecule has 5 heteroatoms. The molecule has 0 aliphatic carbocycles. The molecule has 0 N–H and O–H groups in total. The number of rotatable bonds is 3. The van der Waals surface area contributed by atoms with Crippen LogP contribution < -0.4 is 0 Å². The van der Waals surface area contributed by atoms with E-state index < -0.39 is 0 Å². The van der Waals surface area contributed by atoms with E-state index in [2.05, 4.69) is 55.0 Å². The molecule has 2 aromatic rings. The summed E-state index contributed by atoms with van der Waals surface area (Å²) in [5, 5.41) is 10.9. The van der Waals surface area contributed by atoms with Crippen LogP contribution in [0.5, 0.6) is 0 Å². The molecule has 0 radical (unpaired) electrons. The first-order chi connectivity index (χ1) is 11.4. The molecular weight excluding hydrogens is 302 g/mol. The third-order valence-corrected chi connectivity index (χ3v) is 5.68. The molecule has 24 heavy (non-hydrogen) atoms. The lowest BCUT2D eigenvalue weighted by molar-refractivity contribution is -0.384. The van der Waals surface area contributed by atoms with Gasteiger partial charge in [-0.3, -0.25) is 19.9 Å². The van der Waals surface area contributed by atoms with Crippen molar-refractivity contribution in [3.05, 3.63) is 75.8 Å². The number of non-ortho nitro benzene ring substituents is 1. The Morgan fingerprint density at radius 3 is 2.12 bits per heavy atom. The summed E-state index contributed by atoms with van der Waals surface area (Å²) in [7, 11) is 2.18. The molecule has 5 nitrogen and oxygen atoms in total. The van der Waals surface area contributed by atoms with Crippen LogP contribution in [-0.4, -0.2) is 33.5 Å². The van der Waals surface area contributed by atoms with Crippen LogP contribution in [0.25, 0.3) is 0 Å². The smallest absolute Gasteiger partial charge is 0.269 e. The maximum atomic E-state index is 10.9. The molecule has 2 heterocycles. The van der Waals surface area contributed by atoms with Crippen molar-refractivity contribution in [2.24, 2.45) is 0 Å². The minimum Gasteiger partial charge on any atom is -0.280 e. The summed E-state index contributed by atoms with van der Waals surface area (Å²) in [6.45, 7) is 4.49. The molecule has 0 spiro atoms. The van der Waals surface area contributed by atoms with Crippen molar-refractivity contribution in [1.82, 2.24) is 9.80 Å². The predicted molar refractivity (Wildman–Crippen MR) is 92.5 cm³/mol. The summed E-state index contributed by atoms with van der Waals surface area (Å²) >= 11 is 0. The lowest BCUT2D eigenvalue weighted by Crippen LogP contribution is -2.44. The Bertz CT molecular complexity index is 773. The number of benzene rings is 2. The van der Waals surface area contributed by atoms with E-state index in [0.29, 0.717) is 18.1 Å². The van der Waals surface area contributed by atoms with Gasteiger partial charge >= 0.3 is 0 Å². The zero-order valence-electron chi connectivity index (χ0n) is 14.1. The molecule has 2 saturated heterocycles. The van der Waals surface area contributed by atoms with Crippen LogP contribution in [0.15, 0.2) is 54.6 Å². The first-order valence-corrected chi connectivity index (χ1v) is 8.23. The Hall–Kier alpha value is -2.24. The zero-order chi connectivity index (χ0) is 17.1. The first-order valence-electron chi connectivity index (χ1n) is 8.23. The van der Waals surface area contributed by atoms with Crippen molar-refractivity contribution in [2.75, 3.05) is 7.05 Å². The van der Waals surface area contributed by atoms with Gasteiger partial charge in [-0.25, -0.2) is 0 Å². The van der Waals surface area contributed by atoms with E-state index in [9.17, 15) is 10.1 Å². The number of nitro groups is 1. The van der Waals surface area contributed by atoms with E-state index in [1.807, 2.05) is 18.2 Å². The van der Waals surface area contributed by atoms with Gasteiger partial charge in [0, 0.05) is 12.1 Å². The van der Waals surface area contributed by atoms with Crippen LogP contribution in [0.4, 0.5) is 5.69 Å². The van der Waals surface area contributed by atoms with Crippen LogP contribution in [0.1, 0.15) is 37.1 Å². The van der Waals surface area contributed by atoms with Crippen molar-refractivity contribution in [3.63, 3.8) is 0 Å². The molecule has 0 aromatic heterocycles. The average molecular weight is 323 g/mol. The van der Waals surface area contributed by atoms with Gasteiger partial charge in [0.15, 0.2) is 0 Å². The number of nitro benzene ring substituents is 1. The number of likely N-dealkylation sites (N-methyl/N-ethyl adjacent to an activating group) is 1. The molecule has 4 rings (SSSR count). The fourth-order valence-corrected chi connectivity index (χ4v) is 4.25. The lowest BCUT2D eigenvalue weighted by Gasteiger charge is -2.37. The normalized spacial score (nSPS) is 30.8. The molecule has 0 bridgehead atoms. The van der Waals surface area contributed by atoms with E-state index in [1.54, 1.807) is 12.1 Å². The van der Waals surface area contributed by atoms with Gasteiger partial charge in [-0.05, 0) is 32.0 Å². The summed E-state index contributed by atoms with van der Waals surface area (Å²) in [5.74, 6) is 0. The van der Waals surface area contributed by atoms with Crippen molar-refractivity contribution < 1.29 is 4.92 Å². The van der Waals surface area contributed by atoms with Crippen molar-refractivity contribution >= 4 is 5.69 Å². The predicted octanol–water partition coefficient (Wildman–Crippen LogP) is 3.74. The molecule has 0 saturated carbocycles. The zero-order valence-corrected chi connectivity index (χ0v) is 14.1. The summed E-state index contributed by atoms with van der Waals surface area (Å²) in [5.41, 5.74) is 2.59. The summed E-state index contributed by atoms with van der Waals surface area (Å²) < 4.78 is 0. The number of hydrogen-bond acceptors (Lipinski definition) is 4. The Kier molecular flexibility index (Phi) is 3.27. The van der Waals surface area contributed by atoms with Crippen LogP contribution in [-0.2, 0) is 0 Å². The minimum atomic E-state index is -0.345. The van der Waals surface area contributed by atoms with Gasteiger partial charge in [0.05, 0.1) is 28.7 Å². The number of hydrogen-bond donors (Lipinski definition) is 0. The van der Waals surface area contributed by atoms with E-state index >= 15 is 0 Å². The molecule has 0 amide bonds. The molecule has 2 aliphatic heterocycles. The van der Waals surface area contributed by atoms with E-state index in [-0.39, 0.29) is 16.3 Å². The Morgan fingerprint density at radius 1 is 0.958 bits per heavy atom. The topological polar surface area (TPSA) is 49.4 Å². The third kappa shape index (κ3) is 2.08. The van der Waals surface area contributed by atoms with Gasteiger partial charge in [-0.2, -0.15) is 0 Å². The van der Waals surface area contributed by atoms with Crippen molar-refractivity contribution in [1.29, 1.82) is 0 Å². The van der Waals surface area contributed by atoms with Crippen molar-refractivity contribution in [3.8, 4) is 0 Å². The van der Waals surface area contributed by atoms with Crippen LogP contribution in [0, 0.1) is 10.1 Å². The maximum absolute atomic E-state index is 10.9. The van der Waals surface area contributed by atoms with Gasteiger partial charge in [-0.1, -0.05) is 42.5 Å². The number of nitrogens with zero attached hydrogens (tertiary/aromatic N) is 3. The first kappa shape index (κ1) is 15.3. The molecule has 4 atom stereocenters. The highest BCUT2D eigenvalue weighted by molar-refractivity contribution is 5.41. The van der Waals surface area contributed by atoms with E-state index in [1.165, 1.54) is 5.56 Å². The Labute approximate surface area is 141 Å². The van der Waals surface area contributed by atoms with Crippen LogP contribution >= 0.6 is 0 Å². The van der Waals surface area contributed by atoms with Gasteiger partial charge in [0.2, 0.25) is 0 Å². The largest absolute Gasteiger partial charge is 0.280 e. The summed E-state index contributed by atoms with van der Waals surface area (Å²) in [6.07, 6.45) is 0. The molecule has 4 unspecified atom stereocenters. The third-order valence-electron chi connectivity index (χ3n) is 5.68. The van der Waals surface area contributed by atoms with Gasteiger partial charge in [0.1, 0.15) is 0 Å². The molecule has 2 aliphatic rings. The standard InChI is InChI=1S/C19H21N3O2/c1-19(2)20(3)16(13-7-5-4-6-8-13)18-17(21(18)19)14-9-11-15(12-10-14)22(23)24/h4-12,16-18H,1-3H3. The van der Waals surface area contributed by atoms with Gasteiger partial charge < -0.3 is 0 Å². The fraction of sp³-hybridized carbons (Fsp3) is 0.368. The minimum absolute atomic E-state index is 0.0440. The molecule has 2 fully saturated rings. The van der Waals surface area contributed by atoms with Crippen LogP contribution in [0.2, 0.25) is 0 Å². The summed E-state index contributed by atoms with van der Waals surface area (Å²) in [6, 6.07) is 18.7. The summed E-state index contributed by atoms with van der Waals surface area (Å²) in [4.78, 5) is 15.5. The van der Waals surface area contributed by atoms with Gasteiger partial charge in [0.25, 0.3) is 5.69 Å². The highest BCUT2D eigenvalue weighted by Crippen LogP contribution is 2.62. The molecular formula is C19H21N3O2. The quantitative estimate of drug-likeness (QED) is 0.490. The Morgan fingerprint density at radius 2 is 1.54 bits per heavy atom. The van der Waals surface area contributed by atoms with E-state index in [0.717, 1.165) is 5.56 Å². The number of fused-ring (bicyclic) bond motifs is 1. The van der Waals surface area contributed by atoms with Crippen LogP contribution in [0.3, 0.4) is 0 Å². The highest BCUT2D eigenvalue weighted by atomic mass is 16.6.